The monoisotopic (exact) mass is 383 g/mol. The molecule has 0 spiro atoms. The van der Waals surface area contributed by atoms with Crippen molar-refractivity contribution in [2.24, 2.45) is 0 Å². The van der Waals surface area contributed by atoms with Crippen molar-refractivity contribution in [1.82, 2.24) is 5.32 Å². The van der Waals surface area contributed by atoms with Crippen LogP contribution in [0.15, 0.2) is 22.7 Å². The van der Waals surface area contributed by atoms with Gasteiger partial charge in [0.2, 0.25) is 0 Å². The fraction of sp³-hybridized carbons (Fsp3) is 0.533. The molecule has 0 unspecified atom stereocenters. The van der Waals surface area contributed by atoms with Gasteiger partial charge in [-0.25, -0.2) is 4.79 Å². The largest absolute Gasteiger partial charge is 0.444 e. The summed E-state index contributed by atoms with van der Waals surface area (Å²) in [5, 5.41) is 2.31. The summed E-state index contributed by atoms with van der Waals surface area (Å²) in [6.45, 7) is 8.77. The van der Waals surface area contributed by atoms with Crippen LogP contribution in [0.1, 0.15) is 45.7 Å². The number of ether oxygens (including phenoxy) is 1. The van der Waals surface area contributed by atoms with Gasteiger partial charge in [0.1, 0.15) is 5.60 Å². The van der Waals surface area contributed by atoms with Crippen LogP contribution in [0.2, 0.25) is 0 Å². The first-order valence-electron chi connectivity index (χ1n) is 6.81. The molecule has 0 atom stereocenters. The molecule has 22 heavy (non-hydrogen) atoms. The second kappa shape index (κ2) is 8.41. The summed E-state index contributed by atoms with van der Waals surface area (Å²) in [5.41, 5.74) is -1.51. The SMILES string of the molecule is CC.CC(C)(C)OC(=O)NCc1ccc(Br)cc1C(F)(F)F. The lowest BCUT2D eigenvalue weighted by molar-refractivity contribution is -0.138. The van der Waals surface area contributed by atoms with E-state index in [-0.39, 0.29) is 12.1 Å². The van der Waals surface area contributed by atoms with Crippen LogP contribution in [0.5, 0.6) is 0 Å². The van der Waals surface area contributed by atoms with Gasteiger partial charge in [0.15, 0.2) is 0 Å². The van der Waals surface area contributed by atoms with Gasteiger partial charge in [0.05, 0.1) is 5.56 Å². The Balaban J connectivity index is 0.00000211. The predicted molar refractivity (Wildman–Crippen MR) is 83.6 cm³/mol. The standard InChI is InChI=1S/C13H15BrF3NO2.C2H6/c1-12(2,3)20-11(19)18-7-8-4-5-9(14)6-10(8)13(15,16)17;1-2/h4-6H,7H2,1-3H3,(H,18,19);1-2H3. The minimum atomic E-state index is -4.48. The minimum absolute atomic E-state index is 0.0217. The number of alkyl carbamates (subject to hydrolysis) is 1. The Morgan fingerprint density at radius 2 is 1.77 bits per heavy atom. The minimum Gasteiger partial charge on any atom is -0.444 e. The first-order chi connectivity index (χ1) is 9.99. The first-order valence-corrected chi connectivity index (χ1v) is 7.61. The van der Waals surface area contributed by atoms with E-state index in [0.717, 1.165) is 6.07 Å². The Morgan fingerprint density at radius 1 is 1.23 bits per heavy atom. The Kier molecular flexibility index (Phi) is 7.93. The quantitative estimate of drug-likeness (QED) is 0.729. The van der Waals surface area contributed by atoms with E-state index in [1.54, 1.807) is 20.8 Å². The molecule has 1 amide bonds. The van der Waals surface area contributed by atoms with Crippen molar-refractivity contribution in [2.45, 2.75) is 52.9 Å². The van der Waals surface area contributed by atoms with Crippen molar-refractivity contribution in [3.05, 3.63) is 33.8 Å². The molecular weight excluding hydrogens is 363 g/mol. The van der Waals surface area contributed by atoms with Crippen molar-refractivity contribution in [3.8, 4) is 0 Å². The Labute approximate surface area is 137 Å². The highest BCUT2D eigenvalue weighted by Gasteiger charge is 2.33. The Hall–Kier alpha value is -1.24. The van der Waals surface area contributed by atoms with Gasteiger partial charge in [0, 0.05) is 11.0 Å². The zero-order valence-electron chi connectivity index (χ0n) is 13.3. The molecule has 0 heterocycles. The zero-order valence-corrected chi connectivity index (χ0v) is 14.9. The number of benzene rings is 1. The van der Waals surface area contributed by atoms with Crippen LogP contribution in [0, 0.1) is 0 Å². The predicted octanol–water partition coefficient (Wildman–Crippen LogP) is 5.52. The summed E-state index contributed by atoms with van der Waals surface area (Å²) in [6.07, 6.45) is -5.23. The van der Waals surface area contributed by atoms with Gasteiger partial charge in [-0.3, -0.25) is 0 Å². The highest BCUT2D eigenvalue weighted by Crippen LogP contribution is 2.33. The summed E-state index contributed by atoms with van der Waals surface area (Å²) < 4.78 is 43.9. The highest BCUT2D eigenvalue weighted by atomic mass is 79.9. The molecule has 0 bridgehead atoms. The van der Waals surface area contributed by atoms with Crippen molar-refractivity contribution >= 4 is 22.0 Å². The third kappa shape index (κ3) is 7.68. The Morgan fingerprint density at radius 3 is 2.23 bits per heavy atom. The molecule has 1 aromatic carbocycles. The lowest BCUT2D eigenvalue weighted by atomic mass is 10.1. The van der Waals surface area contributed by atoms with Crippen LogP contribution in [0.3, 0.4) is 0 Å². The van der Waals surface area contributed by atoms with Gasteiger partial charge in [-0.05, 0) is 38.5 Å². The number of rotatable bonds is 2. The Bertz CT molecular complexity index is 497. The summed E-state index contributed by atoms with van der Waals surface area (Å²) in [4.78, 5) is 11.4. The van der Waals surface area contributed by atoms with E-state index in [2.05, 4.69) is 21.2 Å². The molecule has 3 nitrogen and oxygen atoms in total. The lowest BCUT2D eigenvalue weighted by Gasteiger charge is -2.20. The van der Waals surface area contributed by atoms with Gasteiger partial charge in [0.25, 0.3) is 0 Å². The third-order valence-corrected chi connectivity index (χ3v) is 2.69. The number of amides is 1. The molecule has 0 aromatic heterocycles. The molecule has 0 radical (unpaired) electrons. The summed E-state index contributed by atoms with van der Waals surface area (Å²) >= 11 is 3.00. The maximum Gasteiger partial charge on any atom is 0.416 e. The number of alkyl halides is 3. The van der Waals surface area contributed by atoms with Crippen molar-refractivity contribution in [1.29, 1.82) is 0 Å². The molecule has 126 valence electrons. The zero-order chi connectivity index (χ0) is 17.6. The van der Waals surface area contributed by atoms with Crippen LogP contribution < -0.4 is 5.32 Å². The van der Waals surface area contributed by atoms with Crippen LogP contribution >= 0.6 is 15.9 Å². The number of nitrogens with one attached hydrogen (secondary N) is 1. The number of carbonyl (C=O) groups excluding carboxylic acids is 1. The third-order valence-electron chi connectivity index (χ3n) is 2.20. The van der Waals surface area contributed by atoms with Crippen LogP contribution in [-0.2, 0) is 17.5 Å². The molecule has 1 aromatic rings. The molecule has 1 rings (SSSR count). The molecule has 0 saturated carbocycles. The molecule has 0 saturated heterocycles. The average molecular weight is 384 g/mol. The second-order valence-electron chi connectivity index (χ2n) is 5.15. The van der Waals surface area contributed by atoms with E-state index < -0.39 is 23.4 Å². The van der Waals surface area contributed by atoms with E-state index in [9.17, 15) is 18.0 Å². The molecule has 0 aliphatic rings. The van der Waals surface area contributed by atoms with Gasteiger partial charge in [-0.2, -0.15) is 13.2 Å². The van der Waals surface area contributed by atoms with E-state index in [1.165, 1.54) is 12.1 Å². The topological polar surface area (TPSA) is 38.3 Å². The van der Waals surface area contributed by atoms with E-state index in [1.807, 2.05) is 13.8 Å². The van der Waals surface area contributed by atoms with E-state index >= 15 is 0 Å². The number of halogens is 4. The van der Waals surface area contributed by atoms with E-state index in [4.69, 9.17) is 4.74 Å². The molecule has 0 fully saturated rings. The summed E-state index contributed by atoms with van der Waals surface area (Å²) in [6, 6.07) is 3.78. The molecule has 0 aliphatic heterocycles. The number of hydrogen-bond acceptors (Lipinski definition) is 2. The van der Waals surface area contributed by atoms with Gasteiger partial charge in [-0.1, -0.05) is 35.8 Å². The number of carbonyl (C=O) groups is 1. The molecule has 1 N–H and O–H groups in total. The average Bonchev–Trinajstić information content (AvgIpc) is 2.36. The van der Waals surface area contributed by atoms with Gasteiger partial charge < -0.3 is 10.1 Å². The van der Waals surface area contributed by atoms with E-state index in [0.29, 0.717) is 4.47 Å². The molecular formula is C15H21BrF3NO2. The van der Waals surface area contributed by atoms with Crippen LogP contribution in [0.25, 0.3) is 0 Å². The normalized spacial score (nSPS) is 11.3. The fourth-order valence-electron chi connectivity index (χ4n) is 1.45. The lowest BCUT2D eigenvalue weighted by Crippen LogP contribution is -2.32. The smallest absolute Gasteiger partial charge is 0.416 e. The second-order valence-corrected chi connectivity index (χ2v) is 6.07. The fourth-order valence-corrected chi connectivity index (χ4v) is 1.81. The maximum atomic E-state index is 12.9. The van der Waals surface area contributed by atoms with Crippen LogP contribution in [0.4, 0.5) is 18.0 Å². The first kappa shape index (κ1) is 20.8. The molecule has 0 aliphatic carbocycles. The number of hydrogen-bond donors (Lipinski definition) is 1. The maximum absolute atomic E-state index is 12.9. The van der Waals surface area contributed by atoms with Crippen molar-refractivity contribution in [3.63, 3.8) is 0 Å². The van der Waals surface area contributed by atoms with Gasteiger partial charge >= 0.3 is 12.3 Å². The summed E-state index contributed by atoms with van der Waals surface area (Å²) in [5.74, 6) is 0. The van der Waals surface area contributed by atoms with Crippen molar-refractivity contribution < 1.29 is 22.7 Å². The van der Waals surface area contributed by atoms with Gasteiger partial charge in [-0.15, -0.1) is 0 Å². The molecule has 7 heteroatoms. The van der Waals surface area contributed by atoms with Crippen molar-refractivity contribution in [2.75, 3.05) is 0 Å². The highest BCUT2D eigenvalue weighted by molar-refractivity contribution is 9.10. The van der Waals surface area contributed by atoms with Crippen LogP contribution in [-0.4, -0.2) is 11.7 Å². The summed E-state index contributed by atoms with van der Waals surface area (Å²) in [7, 11) is 0.